The number of hydrogen-bond acceptors (Lipinski definition) is 5. The minimum Gasteiger partial charge on any atom is -0.493 e. The zero-order valence-electron chi connectivity index (χ0n) is 18.2. The van der Waals surface area contributed by atoms with Crippen LogP contribution < -0.4 is 20.1 Å². The van der Waals surface area contributed by atoms with Gasteiger partial charge < -0.3 is 20.1 Å². The summed E-state index contributed by atoms with van der Waals surface area (Å²) in [6.07, 6.45) is 5.08. The first kappa shape index (κ1) is 24.7. The SMILES string of the molecule is CN=C(NCc1ccc(OC2CCCC2)c(OC)c1)NCc1nc(C(C)C)cs1.I. The number of hydrogen-bond donors (Lipinski definition) is 2. The molecule has 0 bridgehead atoms. The third kappa shape index (κ3) is 7.01. The van der Waals surface area contributed by atoms with Crippen molar-refractivity contribution < 1.29 is 9.47 Å². The van der Waals surface area contributed by atoms with Gasteiger partial charge in [0.05, 0.1) is 25.5 Å². The van der Waals surface area contributed by atoms with E-state index in [0.29, 0.717) is 25.1 Å². The second-order valence-corrected chi connectivity index (χ2v) is 8.55. The maximum absolute atomic E-state index is 6.12. The molecule has 166 valence electrons. The number of guanidine groups is 1. The highest BCUT2D eigenvalue weighted by Crippen LogP contribution is 2.32. The number of ether oxygens (including phenoxy) is 2. The molecule has 0 atom stereocenters. The number of aliphatic imine (C=N–C) groups is 1. The number of thiazole rings is 1. The Kier molecular flexibility index (Phi) is 10.2. The lowest BCUT2D eigenvalue weighted by atomic mass is 10.2. The van der Waals surface area contributed by atoms with Crippen molar-refractivity contribution >= 4 is 41.3 Å². The van der Waals surface area contributed by atoms with Crippen molar-refractivity contribution in [2.24, 2.45) is 4.99 Å². The van der Waals surface area contributed by atoms with E-state index in [0.717, 1.165) is 46.6 Å². The monoisotopic (exact) mass is 544 g/mol. The van der Waals surface area contributed by atoms with E-state index in [1.54, 1.807) is 25.5 Å². The fourth-order valence-electron chi connectivity index (χ4n) is 3.34. The van der Waals surface area contributed by atoms with Gasteiger partial charge in [-0.15, -0.1) is 35.3 Å². The standard InChI is InChI=1S/C22H32N4O2S.HI/c1-15(2)18-14-29-21(26-18)13-25-22(23-3)24-12-16-9-10-19(20(11-16)27-4)28-17-7-5-6-8-17;/h9-11,14-15,17H,5-8,12-13H2,1-4H3,(H2,23,24,25);1H. The van der Waals surface area contributed by atoms with E-state index in [4.69, 9.17) is 9.47 Å². The first-order chi connectivity index (χ1) is 14.1. The molecule has 0 aliphatic heterocycles. The van der Waals surface area contributed by atoms with Crippen molar-refractivity contribution in [3.05, 3.63) is 39.8 Å². The van der Waals surface area contributed by atoms with E-state index in [9.17, 15) is 0 Å². The number of halogens is 1. The molecule has 2 N–H and O–H groups in total. The van der Waals surface area contributed by atoms with Crippen LogP contribution in [0.15, 0.2) is 28.6 Å². The van der Waals surface area contributed by atoms with Crippen molar-refractivity contribution in [1.82, 2.24) is 15.6 Å². The van der Waals surface area contributed by atoms with Gasteiger partial charge in [-0.05, 0) is 49.3 Å². The molecule has 0 unspecified atom stereocenters. The van der Waals surface area contributed by atoms with Gasteiger partial charge in [0.25, 0.3) is 0 Å². The largest absolute Gasteiger partial charge is 0.493 e. The average molecular weight is 545 g/mol. The first-order valence-corrected chi connectivity index (χ1v) is 11.2. The summed E-state index contributed by atoms with van der Waals surface area (Å²) in [5.74, 6) is 2.81. The number of nitrogens with zero attached hydrogens (tertiary/aromatic N) is 2. The smallest absolute Gasteiger partial charge is 0.191 e. The minimum absolute atomic E-state index is 0. The number of aromatic nitrogens is 1. The molecule has 0 spiro atoms. The average Bonchev–Trinajstić information content (AvgIpc) is 3.41. The summed E-state index contributed by atoms with van der Waals surface area (Å²) >= 11 is 1.68. The number of methoxy groups -OCH3 is 1. The van der Waals surface area contributed by atoms with E-state index < -0.39 is 0 Å². The van der Waals surface area contributed by atoms with Gasteiger partial charge in [0, 0.05) is 19.0 Å². The Hall–Kier alpha value is -1.55. The summed E-state index contributed by atoms with van der Waals surface area (Å²) < 4.78 is 11.7. The highest BCUT2D eigenvalue weighted by Gasteiger charge is 2.18. The molecule has 0 radical (unpaired) electrons. The third-order valence-electron chi connectivity index (χ3n) is 5.08. The van der Waals surface area contributed by atoms with Crippen LogP contribution in [0.25, 0.3) is 0 Å². The maximum atomic E-state index is 6.12. The summed E-state index contributed by atoms with van der Waals surface area (Å²) in [6.45, 7) is 5.62. The van der Waals surface area contributed by atoms with E-state index >= 15 is 0 Å². The van der Waals surface area contributed by atoms with Crippen LogP contribution in [0.2, 0.25) is 0 Å². The normalized spacial score (nSPS) is 14.5. The molecular weight excluding hydrogens is 511 g/mol. The second-order valence-electron chi connectivity index (χ2n) is 7.61. The predicted molar refractivity (Wildman–Crippen MR) is 135 cm³/mol. The third-order valence-corrected chi connectivity index (χ3v) is 5.94. The first-order valence-electron chi connectivity index (χ1n) is 10.3. The summed E-state index contributed by atoms with van der Waals surface area (Å²) in [6, 6.07) is 6.11. The van der Waals surface area contributed by atoms with Crippen LogP contribution >= 0.6 is 35.3 Å². The number of benzene rings is 1. The van der Waals surface area contributed by atoms with Gasteiger partial charge in [0.1, 0.15) is 5.01 Å². The van der Waals surface area contributed by atoms with Crippen molar-refractivity contribution in [1.29, 1.82) is 0 Å². The van der Waals surface area contributed by atoms with Gasteiger partial charge in [-0.25, -0.2) is 4.98 Å². The lowest BCUT2D eigenvalue weighted by Gasteiger charge is -2.17. The van der Waals surface area contributed by atoms with Gasteiger partial charge in [0.15, 0.2) is 17.5 Å². The summed E-state index contributed by atoms with van der Waals surface area (Å²) in [7, 11) is 3.46. The fourth-order valence-corrected chi connectivity index (χ4v) is 4.24. The number of rotatable bonds is 8. The Morgan fingerprint density at radius 1 is 1.20 bits per heavy atom. The lowest BCUT2D eigenvalue weighted by Crippen LogP contribution is -2.36. The lowest BCUT2D eigenvalue weighted by molar-refractivity contribution is 0.200. The van der Waals surface area contributed by atoms with Gasteiger partial charge in [0.2, 0.25) is 0 Å². The van der Waals surface area contributed by atoms with E-state index in [1.807, 2.05) is 12.1 Å². The Bertz CT molecular complexity index is 819. The van der Waals surface area contributed by atoms with Crippen LogP contribution in [0.1, 0.15) is 61.7 Å². The van der Waals surface area contributed by atoms with Crippen LogP contribution in [0.5, 0.6) is 11.5 Å². The molecule has 1 aromatic carbocycles. The Morgan fingerprint density at radius 2 is 1.93 bits per heavy atom. The zero-order chi connectivity index (χ0) is 20.6. The van der Waals surface area contributed by atoms with Crippen LogP contribution in [0.4, 0.5) is 0 Å². The van der Waals surface area contributed by atoms with Crippen molar-refractivity contribution in [3.8, 4) is 11.5 Å². The molecule has 2 aromatic rings. The predicted octanol–water partition coefficient (Wildman–Crippen LogP) is 5.08. The minimum atomic E-state index is 0. The van der Waals surface area contributed by atoms with Gasteiger partial charge >= 0.3 is 0 Å². The molecule has 1 fully saturated rings. The maximum Gasteiger partial charge on any atom is 0.191 e. The van der Waals surface area contributed by atoms with Crippen LogP contribution in [0, 0.1) is 0 Å². The summed E-state index contributed by atoms with van der Waals surface area (Å²) in [4.78, 5) is 8.96. The molecule has 1 heterocycles. The molecule has 1 aromatic heterocycles. The molecule has 8 heteroatoms. The molecule has 30 heavy (non-hydrogen) atoms. The molecular formula is C22H33IN4O2S. The topological polar surface area (TPSA) is 67.8 Å². The van der Waals surface area contributed by atoms with Crippen molar-refractivity contribution in [2.75, 3.05) is 14.2 Å². The fraction of sp³-hybridized carbons (Fsp3) is 0.545. The van der Waals surface area contributed by atoms with Crippen molar-refractivity contribution in [2.45, 2.75) is 64.6 Å². The quantitative estimate of drug-likeness (QED) is 0.276. The highest BCUT2D eigenvalue weighted by molar-refractivity contribution is 14.0. The summed E-state index contributed by atoms with van der Waals surface area (Å²) in [5.41, 5.74) is 2.25. The van der Waals surface area contributed by atoms with E-state index in [2.05, 4.69) is 45.9 Å². The molecule has 0 saturated heterocycles. The van der Waals surface area contributed by atoms with Gasteiger partial charge in [-0.3, -0.25) is 4.99 Å². The van der Waals surface area contributed by atoms with Crippen LogP contribution in [-0.4, -0.2) is 31.2 Å². The molecule has 0 amide bonds. The van der Waals surface area contributed by atoms with E-state index in [-0.39, 0.29) is 24.0 Å². The summed E-state index contributed by atoms with van der Waals surface area (Å²) in [5, 5.41) is 9.86. The van der Waals surface area contributed by atoms with Crippen molar-refractivity contribution in [3.63, 3.8) is 0 Å². The molecule has 1 aliphatic carbocycles. The molecule has 1 aliphatic rings. The molecule has 1 saturated carbocycles. The Balaban J connectivity index is 0.00000320. The van der Waals surface area contributed by atoms with Gasteiger partial charge in [-0.1, -0.05) is 19.9 Å². The Morgan fingerprint density at radius 3 is 2.57 bits per heavy atom. The second kappa shape index (κ2) is 12.3. The van der Waals surface area contributed by atoms with Crippen LogP contribution in [-0.2, 0) is 13.1 Å². The molecule has 6 nitrogen and oxygen atoms in total. The molecule has 3 rings (SSSR count). The Labute approximate surface area is 200 Å². The van der Waals surface area contributed by atoms with Gasteiger partial charge in [-0.2, -0.15) is 0 Å². The number of nitrogens with one attached hydrogen (secondary N) is 2. The highest BCUT2D eigenvalue weighted by atomic mass is 127. The van der Waals surface area contributed by atoms with Crippen LogP contribution in [0.3, 0.4) is 0 Å². The zero-order valence-corrected chi connectivity index (χ0v) is 21.4. The van der Waals surface area contributed by atoms with E-state index in [1.165, 1.54) is 12.8 Å².